The maximum atomic E-state index is 11.9. The van der Waals surface area contributed by atoms with Gasteiger partial charge in [-0.25, -0.2) is 4.79 Å². The highest BCUT2D eigenvalue weighted by Crippen LogP contribution is 2.10. The number of amides is 2. The summed E-state index contributed by atoms with van der Waals surface area (Å²) in [5, 5.41) is 11.5. The molecule has 0 saturated carbocycles. The third-order valence-corrected chi connectivity index (χ3v) is 3.66. The number of nitrogens with one attached hydrogen (secondary N) is 1. The molecule has 0 bridgehead atoms. The zero-order chi connectivity index (χ0) is 15.0. The average Bonchev–Trinajstić information content (AvgIpc) is 2.34. The Hall–Kier alpha value is -1.26. The van der Waals surface area contributed by atoms with Crippen molar-refractivity contribution in [3.05, 3.63) is 0 Å². The maximum Gasteiger partial charge on any atom is 0.317 e. The van der Waals surface area contributed by atoms with Gasteiger partial charge in [-0.2, -0.15) is 0 Å². The van der Waals surface area contributed by atoms with Gasteiger partial charge in [-0.3, -0.25) is 4.79 Å². The van der Waals surface area contributed by atoms with Gasteiger partial charge in [0.05, 0.1) is 0 Å². The Labute approximate surface area is 116 Å². The second kappa shape index (κ2) is 8.77. The molecule has 0 aromatic carbocycles. The molecule has 5 heteroatoms. The molecule has 0 aromatic rings. The third-order valence-electron chi connectivity index (χ3n) is 3.66. The molecule has 0 spiro atoms. The molecule has 112 valence electrons. The van der Waals surface area contributed by atoms with E-state index >= 15 is 0 Å². The maximum absolute atomic E-state index is 11.9. The van der Waals surface area contributed by atoms with E-state index in [4.69, 9.17) is 5.11 Å². The van der Waals surface area contributed by atoms with Crippen LogP contribution < -0.4 is 5.32 Å². The van der Waals surface area contributed by atoms with Crippen LogP contribution in [0.15, 0.2) is 0 Å². The Morgan fingerprint density at radius 1 is 1.16 bits per heavy atom. The largest absolute Gasteiger partial charge is 0.481 e. The highest BCUT2D eigenvalue weighted by molar-refractivity contribution is 5.74. The lowest BCUT2D eigenvalue weighted by molar-refractivity contribution is -0.137. The third kappa shape index (κ3) is 7.70. The number of carbonyl (C=O) groups excluding carboxylic acids is 1. The minimum Gasteiger partial charge on any atom is -0.481 e. The van der Waals surface area contributed by atoms with E-state index in [0.717, 1.165) is 6.42 Å². The Morgan fingerprint density at radius 2 is 1.74 bits per heavy atom. The van der Waals surface area contributed by atoms with Crippen molar-refractivity contribution in [1.29, 1.82) is 0 Å². The number of hydrogen-bond donors (Lipinski definition) is 2. The van der Waals surface area contributed by atoms with Crippen molar-refractivity contribution in [3.63, 3.8) is 0 Å². The first-order valence-electron chi connectivity index (χ1n) is 6.98. The molecule has 19 heavy (non-hydrogen) atoms. The monoisotopic (exact) mass is 272 g/mol. The normalized spacial score (nSPS) is 14.0. The quantitative estimate of drug-likeness (QED) is 0.713. The zero-order valence-corrected chi connectivity index (χ0v) is 12.8. The second-order valence-corrected chi connectivity index (χ2v) is 5.65. The van der Waals surface area contributed by atoms with Gasteiger partial charge in [-0.15, -0.1) is 0 Å². The summed E-state index contributed by atoms with van der Waals surface area (Å²) >= 11 is 0. The topological polar surface area (TPSA) is 69.6 Å². The van der Waals surface area contributed by atoms with Gasteiger partial charge in [0.25, 0.3) is 0 Å². The first kappa shape index (κ1) is 17.7. The highest BCUT2D eigenvalue weighted by atomic mass is 16.4. The van der Waals surface area contributed by atoms with Crippen LogP contribution in [-0.2, 0) is 4.79 Å². The number of carboxylic acid groups (broad SMARTS) is 1. The predicted molar refractivity (Wildman–Crippen MR) is 76.1 cm³/mol. The molecule has 2 N–H and O–H groups in total. The van der Waals surface area contributed by atoms with Crippen molar-refractivity contribution in [3.8, 4) is 0 Å². The summed E-state index contributed by atoms with van der Waals surface area (Å²) in [6.45, 7) is 8.80. The van der Waals surface area contributed by atoms with E-state index in [1.807, 2.05) is 13.8 Å². The number of aliphatic carboxylic acids is 1. The molecule has 2 amide bonds. The summed E-state index contributed by atoms with van der Waals surface area (Å²) in [4.78, 5) is 24.0. The van der Waals surface area contributed by atoms with E-state index in [1.54, 1.807) is 11.9 Å². The lowest BCUT2D eigenvalue weighted by atomic mass is 10.0. The number of urea groups is 1. The molecule has 2 atom stereocenters. The second-order valence-electron chi connectivity index (χ2n) is 5.65. The van der Waals surface area contributed by atoms with Gasteiger partial charge >= 0.3 is 12.0 Å². The molecule has 0 aliphatic rings. The van der Waals surface area contributed by atoms with Gasteiger partial charge in [0.2, 0.25) is 0 Å². The number of hydrogen-bond acceptors (Lipinski definition) is 2. The summed E-state index contributed by atoms with van der Waals surface area (Å²) in [7, 11) is 1.80. The first-order chi connectivity index (χ1) is 8.75. The lowest BCUT2D eigenvalue weighted by Crippen LogP contribution is -2.44. The molecular weight excluding hydrogens is 244 g/mol. The molecule has 0 radical (unpaired) electrons. The van der Waals surface area contributed by atoms with E-state index in [-0.39, 0.29) is 18.5 Å². The SMILES string of the molecule is CC(CCNC(=O)N(C)C(C)C(C)C)CCC(=O)O. The first-order valence-corrected chi connectivity index (χ1v) is 6.98. The summed E-state index contributed by atoms with van der Waals surface area (Å²) in [6.07, 6.45) is 1.66. The fraction of sp³-hybridized carbons (Fsp3) is 0.857. The van der Waals surface area contributed by atoms with Crippen LogP contribution in [-0.4, -0.2) is 41.6 Å². The molecule has 0 aliphatic carbocycles. The van der Waals surface area contributed by atoms with Gasteiger partial charge in [0.15, 0.2) is 0 Å². The van der Waals surface area contributed by atoms with Crippen molar-refractivity contribution in [2.75, 3.05) is 13.6 Å². The van der Waals surface area contributed by atoms with E-state index in [9.17, 15) is 9.59 Å². The molecule has 5 nitrogen and oxygen atoms in total. The molecule has 0 rings (SSSR count). The van der Waals surface area contributed by atoms with E-state index in [0.29, 0.717) is 24.8 Å². The van der Waals surface area contributed by atoms with Crippen LogP contribution in [0.3, 0.4) is 0 Å². The van der Waals surface area contributed by atoms with Crippen molar-refractivity contribution in [2.45, 2.75) is 53.0 Å². The molecule has 0 fully saturated rings. The smallest absolute Gasteiger partial charge is 0.317 e. The van der Waals surface area contributed by atoms with Crippen molar-refractivity contribution >= 4 is 12.0 Å². The Bertz CT molecular complexity index is 292. The molecule has 0 aromatic heterocycles. The fourth-order valence-corrected chi connectivity index (χ4v) is 1.70. The van der Waals surface area contributed by atoms with Gasteiger partial charge in [0, 0.05) is 26.1 Å². The van der Waals surface area contributed by atoms with Gasteiger partial charge in [-0.05, 0) is 31.6 Å². The molecule has 0 saturated heterocycles. The van der Waals surface area contributed by atoms with Crippen LogP contribution in [0.25, 0.3) is 0 Å². The van der Waals surface area contributed by atoms with Crippen molar-refractivity contribution in [1.82, 2.24) is 10.2 Å². The number of carboxylic acids is 1. The molecule has 0 heterocycles. The number of carbonyl (C=O) groups is 2. The van der Waals surface area contributed by atoms with Gasteiger partial charge in [-0.1, -0.05) is 20.8 Å². The Balaban J connectivity index is 3.88. The van der Waals surface area contributed by atoms with Gasteiger partial charge in [0.1, 0.15) is 0 Å². The van der Waals surface area contributed by atoms with Crippen molar-refractivity contribution < 1.29 is 14.7 Å². The number of rotatable bonds is 8. The van der Waals surface area contributed by atoms with E-state index < -0.39 is 5.97 Å². The minimum absolute atomic E-state index is 0.0633. The standard InChI is InChI=1S/C14H28N2O3/c1-10(2)12(4)16(5)14(19)15-9-8-11(3)6-7-13(17)18/h10-12H,6-9H2,1-5H3,(H,15,19)(H,17,18). The molecular formula is C14H28N2O3. The average molecular weight is 272 g/mol. The lowest BCUT2D eigenvalue weighted by Gasteiger charge is -2.28. The minimum atomic E-state index is -0.763. The van der Waals surface area contributed by atoms with Crippen LogP contribution in [0.4, 0.5) is 4.79 Å². The van der Waals surface area contributed by atoms with Crippen LogP contribution in [0, 0.1) is 11.8 Å². The highest BCUT2D eigenvalue weighted by Gasteiger charge is 2.18. The van der Waals surface area contributed by atoms with Crippen LogP contribution in [0.5, 0.6) is 0 Å². The molecule has 2 unspecified atom stereocenters. The Kier molecular flexibility index (Phi) is 8.19. The van der Waals surface area contributed by atoms with Gasteiger partial charge < -0.3 is 15.3 Å². The Morgan fingerprint density at radius 3 is 2.21 bits per heavy atom. The van der Waals surface area contributed by atoms with E-state index in [1.165, 1.54) is 0 Å². The number of nitrogens with zero attached hydrogens (tertiary/aromatic N) is 1. The summed E-state index contributed by atoms with van der Waals surface area (Å²) < 4.78 is 0. The van der Waals surface area contributed by atoms with E-state index in [2.05, 4.69) is 19.2 Å². The fourth-order valence-electron chi connectivity index (χ4n) is 1.70. The van der Waals surface area contributed by atoms with Crippen LogP contribution in [0.2, 0.25) is 0 Å². The molecule has 0 aliphatic heterocycles. The predicted octanol–water partition coefficient (Wildman–Crippen LogP) is 2.56. The summed E-state index contributed by atoms with van der Waals surface area (Å²) in [5.74, 6) is -0.0316. The van der Waals surface area contributed by atoms with Crippen molar-refractivity contribution in [2.24, 2.45) is 11.8 Å². The van der Waals surface area contributed by atoms with Crippen LogP contribution >= 0.6 is 0 Å². The summed E-state index contributed by atoms with van der Waals surface area (Å²) in [5.41, 5.74) is 0. The summed E-state index contributed by atoms with van der Waals surface area (Å²) in [6, 6.07) is 0.135. The van der Waals surface area contributed by atoms with Crippen LogP contribution in [0.1, 0.15) is 47.0 Å². The zero-order valence-electron chi connectivity index (χ0n) is 12.8.